The Bertz CT molecular complexity index is 1360. The molecule has 0 amide bonds. The van der Waals surface area contributed by atoms with Crippen molar-refractivity contribution in [3.63, 3.8) is 0 Å². The van der Waals surface area contributed by atoms with E-state index in [1.807, 2.05) is 31.2 Å². The van der Waals surface area contributed by atoms with Crippen LogP contribution in [0.2, 0.25) is 0 Å². The zero-order valence-corrected chi connectivity index (χ0v) is 21.6. The summed E-state index contributed by atoms with van der Waals surface area (Å²) < 4.78 is 10.9. The normalized spacial score (nSPS) is 14.1. The van der Waals surface area contributed by atoms with E-state index in [9.17, 15) is 4.79 Å². The minimum absolute atomic E-state index is 0.193. The summed E-state index contributed by atoms with van der Waals surface area (Å²) in [6.45, 7) is 4.15. The van der Waals surface area contributed by atoms with Gasteiger partial charge in [0.2, 0.25) is 0 Å². The lowest BCUT2D eigenvalue weighted by molar-refractivity contribution is -0.123. The fraction of sp³-hybridized carbons (Fsp3) is 0.323. The molecule has 4 aromatic carbocycles. The monoisotopic (exact) mass is 469 g/mol. The van der Waals surface area contributed by atoms with Crippen LogP contribution in [0, 0.1) is 0 Å². The molecule has 2 atom stereocenters. The maximum atomic E-state index is 14.0. The van der Waals surface area contributed by atoms with Gasteiger partial charge in [-0.1, -0.05) is 43.3 Å². The molecule has 0 aliphatic carbocycles. The standard InChI is InChI=1S/C31H35NO3/c1-7-30(33)31(20-21(2)32(3)4,26-13-9-24-18-28(34-5)15-11-23(24)16-26)27-12-8-22-10-14-29(35-6)19-25(22)17-27/h8-19,21H,7,20H2,1-6H3/t21-,31-/m0/s1. The van der Waals surface area contributed by atoms with Crippen LogP contribution in [0.5, 0.6) is 11.5 Å². The molecule has 0 fully saturated rings. The van der Waals surface area contributed by atoms with Gasteiger partial charge in [0.05, 0.1) is 19.6 Å². The molecule has 0 saturated carbocycles. The number of rotatable bonds is 9. The molecule has 4 heteroatoms. The van der Waals surface area contributed by atoms with E-state index in [1.54, 1.807) is 14.2 Å². The topological polar surface area (TPSA) is 38.8 Å². The Hall–Kier alpha value is -3.37. The minimum atomic E-state index is -0.774. The van der Waals surface area contributed by atoms with Gasteiger partial charge in [0.15, 0.2) is 0 Å². The molecular weight excluding hydrogens is 434 g/mol. The number of carbonyl (C=O) groups is 1. The van der Waals surface area contributed by atoms with Crippen molar-refractivity contribution in [1.29, 1.82) is 0 Å². The van der Waals surface area contributed by atoms with Gasteiger partial charge in [-0.05, 0) is 96.5 Å². The number of nitrogens with zero attached hydrogens (tertiary/aromatic N) is 1. The highest BCUT2D eigenvalue weighted by atomic mass is 16.5. The molecule has 0 radical (unpaired) electrons. The molecule has 0 saturated heterocycles. The van der Waals surface area contributed by atoms with E-state index < -0.39 is 5.41 Å². The first-order valence-corrected chi connectivity index (χ1v) is 12.2. The Kier molecular flexibility index (Phi) is 7.13. The first kappa shape index (κ1) is 24.7. The van der Waals surface area contributed by atoms with E-state index in [0.717, 1.165) is 44.2 Å². The lowest BCUT2D eigenvalue weighted by Crippen LogP contribution is -2.43. The highest BCUT2D eigenvalue weighted by molar-refractivity contribution is 5.97. The number of ether oxygens (including phenoxy) is 2. The van der Waals surface area contributed by atoms with E-state index in [2.05, 4.69) is 74.4 Å². The summed E-state index contributed by atoms with van der Waals surface area (Å²) in [5.74, 6) is 1.86. The molecule has 4 rings (SSSR count). The number of carbonyl (C=O) groups excluding carboxylic acids is 1. The minimum Gasteiger partial charge on any atom is -0.497 e. The van der Waals surface area contributed by atoms with Crippen molar-refractivity contribution >= 4 is 27.3 Å². The second-order valence-corrected chi connectivity index (χ2v) is 9.55. The van der Waals surface area contributed by atoms with Gasteiger partial charge in [0.1, 0.15) is 17.3 Å². The van der Waals surface area contributed by atoms with Gasteiger partial charge in [-0.3, -0.25) is 4.79 Å². The van der Waals surface area contributed by atoms with Crippen molar-refractivity contribution in [3.8, 4) is 11.5 Å². The number of hydrogen-bond acceptors (Lipinski definition) is 4. The number of hydrogen-bond donors (Lipinski definition) is 0. The number of ketones is 1. The molecule has 182 valence electrons. The Morgan fingerprint density at radius 2 is 1.26 bits per heavy atom. The van der Waals surface area contributed by atoms with E-state index in [-0.39, 0.29) is 11.8 Å². The maximum absolute atomic E-state index is 14.0. The second kappa shape index (κ2) is 10.1. The SMILES string of the molecule is CCC(=O)[C@@](C[C@H](C)N(C)C)(c1ccc2cc(OC)ccc2c1)c1ccc2ccc(OC)cc2c1. The van der Waals surface area contributed by atoms with Crippen molar-refractivity contribution in [1.82, 2.24) is 4.90 Å². The van der Waals surface area contributed by atoms with Gasteiger partial charge in [0.25, 0.3) is 0 Å². The summed E-state index contributed by atoms with van der Waals surface area (Å²) in [7, 11) is 7.50. The molecule has 4 aromatic rings. The van der Waals surface area contributed by atoms with Crippen LogP contribution in [-0.2, 0) is 10.2 Å². The van der Waals surface area contributed by atoms with Crippen LogP contribution in [0.15, 0.2) is 72.8 Å². The third-order valence-corrected chi connectivity index (χ3v) is 7.36. The zero-order valence-electron chi connectivity index (χ0n) is 21.6. The lowest BCUT2D eigenvalue weighted by atomic mass is 9.66. The van der Waals surface area contributed by atoms with E-state index in [1.165, 1.54) is 0 Å². The molecule has 0 aromatic heterocycles. The number of benzene rings is 4. The fourth-order valence-electron chi connectivity index (χ4n) is 5.00. The van der Waals surface area contributed by atoms with Crippen LogP contribution in [0.4, 0.5) is 0 Å². The average Bonchev–Trinajstić information content (AvgIpc) is 2.89. The van der Waals surface area contributed by atoms with Gasteiger partial charge in [-0.15, -0.1) is 0 Å². The molecule has 35 heavy (non-hydrogen) atoms. The number of Topliss-reactive ketones (excluding diaryl/α,β-unsaturated/α-hetero) is 1. The van der Waals surface area contributed by atoms with E-state index in [0.29, 0.717) is 12.8 Å². The molecule has 0 bridgehead atoms. The molecule has 0 N–H and O–H groups in total. The molecule has 0 unspecified atom stereocenters. The molecular formula is C31H35NO3. The van der Waals surface area contributed by atoms with Crippen LogP contribution in [0.25, 0.3) is 21.5 Å². The molecule has 0 heterocycles. The van der Waals surface area contributed by atoms with E-state index >= 15 is 0 Å². The second-order valence-electron chi connectivity index (χ2n) is 9.55. The van der Waals surface area contributed by atoms with Crippen LogP contribution < -0.4 is 9.47 Å². The molecule has 0 aliphatic rings. The summed E-state index contributed by atoms with van der Waals surface area (Å²) in [4.78, 5) is 16.2. The van der Waals surface area contributed by atoms with Crippen LogP contribution in [0.1, 0.15) is 37.8 Å². The average molecular weight is 470 g/mol. The predicted molar refractivity (Wildman–Crippen MR) is 145 cm³/mol. The van der Waals surface area contributed by atoms with Crippen LogP contribution in [-0.4, -0.2) is 45.0 Å². The van der Waals surface area contributed by atoms with Crippen molar-refractivity contribution in [2.24, 2.45) is 0 Å². The van der Waals surface area contributed by atoms with Gasteiger partial charge in [0, 0.05) is 12.5 Å². The third-order valence-electron chi connectivity index (χ3n) is 7.36. The van der Waals surface area contributed by atoms with Crippen molar-refractivity contribution < 1.29 is 14.3 Å². The Morgan fingerprint density at radius 3 is 1.83 bits per heavy atom. The smallest absolute Gasteiger partial charge is 0.147 e. The first-order valence-electron chi connectivity index (χ1n) is 12.2. The molecule has 0 aliphatic heterocycles. The largest absolute Gasteiger partial charge is 0.497 e. The van der Waals surface area contributed by atoms with E-state index in [4.69, 9.17) is 9.47 Å². The maximum Gasteiger partial charge on any atom is 0.147 e. The predicted octanol–water partition coefficient (Wildman–Crippen LogP) is 6.62. The highest BCUT2D eigenvalue weighted by Gasteiger charge is 2.42. The Labute approximate surface area is 208 Å². The van der Waals surface area contributed by atoms with Gasteiger partial charge >= 0.3 is 0 Å². The molecule has 4 nitrogen and oxygen atoms in total. The summed E-state index contributed by atoms with van der Waals surface area (Å²) in [5.41, 5.74) is 1.27. The summed E-state index contributed by atoms with van der Waals surface area (Å²) in [6.07, 6.45) is 1.14. The quantitative estimate of drug-likeness (QED) is 0.276. The highest BCUT2D eigenvalue weighted by Crippen LogP contribution is 2.42. The van der Waals surface area contributed by atoms with Gasteiger partial charge < -0.3 is 14.4 Å². The number of methoxy groups -OCH3 is 2. The van der Waals surface area contributed by atoms with Crippen molar-refractivity contribution in [2.75, 3.05) is 28.3 Å². The van der Waals surface area contributed by atoms with Crippen molar-refractivity contribution in [3.05, 3.63) is 83.9 Å². The fourth-order valence-corrected chi connectivity index (χ4v) is 5.00. The summed E-state index contributed by atoms with van der Waals surface area (Å²) in [5, 5.41) is 4.38. The Balaban J connectivity index is 2.00. The summed E-state index contributed by atoms with van der Waals surface area (Å²) in [6, 6.07) is 25.2. The zero-order chi connectivity index (χ0) is 25.2. The third kappa shape index (κ3) is 4.63. The van der Waals surface area contributed by atoms with Crippen LogP contribution in [0.3, 0.4) is 0 Å². The number of fused-ring (bicyclic) bond motifs is 2. The Morgan fingerprint density at radius 1 is 0.771 bits per heavy atom. The molecule has 0 spiro atoms. The first-order chi connectivity index (χ1) is 16.8. The van der Waals surface area contributed by atoms with Crippen molar-refractivity contribution in [2.45, 2.75) is 38.1 Å². The lowest BCUT2D eigenvalue weighted by Gasteiger charge is -2.38. The van der Waals surface area contributed by atoms with Gasteiger partial charge in [-0.25, -0.2) is 0 Å². The van der Waals surface area contributed by atoms with Crippen LogP contribution >= 0.6 is 0 Å². The summed E-state index contributed by atoms with van der Waals surface area (Å²) >= 11 is 0. The van der Waals surface area contributed by atoms with Gasteiger partial charge in [-0.2, -0.15) is 0 Å².